The Morgan fingerprint density at radius 2 is 1.84 bits per heavy atom. The molecule has 0 spiro atoms. The van der Waals surface area contributed by atoms with Crippen molar-refractivity contribution in [1.29, 1.82) is 0 Å². The molecule has 0 bridgehead atoms. The summed E-state index contributed by atoms with van der Waals surface area (Å²) in [4.78, 5) is 0. The number of ether oxygens (including phenoxy) is 1. The molecule has 19 heavy (non-hydrogen) atoms. The Balaban J connectivity index is 2.10. The Bertz CT molecular complexity index is 554. The molecule has 0 radical (unpaired) electrons. The Hall–Kier alpha value is -1.07. The first-order valence-electron chi connectivity index (χ1n) is 6.26. The minimum Gasteiger partial charge on any atom is -0.381 e. The van der Waals surface area contributed by atoms with Crippen molar-refractivity contribution in [3.05, 3.63) is 62.7 Å². The summed E-state index contributed by atoms with van der Waals surface area (Å²) in [6.07, 6.45) is 0. The summed E-state index contributed by atoms with van der Waals surface area (Å²) in [5.74, 6) is 0. The van der Waals surface area contributed by atoms with Gasteiger partial charge < -0.3 is 10.1 Å². The molecule has 1 N–H and O–H groups in total. The average molecular weight is 367 g/mol. The van der Waals surface area contributed by atoms with Crippen LogP contribution < -0.4 is 5.32 Å². The van der Waals surface area contributed by atoms with Gasteiger partial charge in [0, 0.05) is 22.9 Å². The van der Waals surface area contributed by atoms with Gasteiger partial charge >= 0.3 is 0 Å². The van der Waals surface area contributed by atoms with Gasteiger partial charge in [-0.2, -0.15) is 0 Å². The van der Waals surface area contributed by atoms with Crippen molar-refractivity contribution in [2.45, 2.75) is 20.1 Å². The van der Waals surface area contributed by atoms with E-state index in [2.05, 4.69) is 71.2 Å². The first-order valence-corrected chi connectivity index (χ1v) is 7.34. The number of hydrogen-bond donors (Lipinski definition) is 1. The van der Waals surface area contributed by atoms with Gasteiger partial charge in [0.2, 0.25) is 0 Å². The van der Waals surface area contributed by atoms with Gasteiger partial charge in [-0.3, -0.25) is 0 Å². The van der Waals surface area contributed by atoms with Gasteiger partial charge in [-0.1, -0.05) is 24.3 Å². The number of nitrogens with one attached hydrogen (secondary N) is 1. The van der Waals surface area contributed by atoms with Gasteiger partial charge in [0.1, 0.15) is 0 Å². The van der Waals surface area contributed by atoms with Crippen LogP contribution >= 0.6 is 22.6 Å². The summed E-state index contributed by atoms with van der Waals surface area (Å²) in [5.41, 5.74) is 4.98. The summed E-state index contributed by atoms with van der Waals surface area (Å²) < 4.78 is 6.50. The summed E-state index contributed by atoms with van der Waals surface area (Å²) in [6, 6.07) is 14.8. The van der Waals surface area contributed by atoms with E-state index in [1.165, 1.54) is 25.9 Å². The third-order valence-electron chi connectivity index (χ3n) is 3.08. The predicted octanol–water partition coefficient (Wildman–Crippen LogP) is 4.36. The zero-order valence-electron chi connectivity index (χ0n) is 11.2. The van der Waals surface area contributed by atoms with Gasteiger partial charge in [0.15, 0.2) is 0 Å². The lowest BCUT2D eigenvalue weighted by Gasteiger charge is -2.13. The maximum absolute atomic E-state index is 5.23. The molecule has 0 amide bonds. The molecule has 2 aromatic rings. The molecule has 3 heteroatoms. The Kier molecular flexibility index (Phi) is 5.22. The topological polar surface area (TPSA) is 21.3 Å². The van der Waals surface area contributed by atoms with E-state index in [1.807, 2.05) is 6.07 Å². The van der Waals surface area contributed by atoms with Crippen LogP contribution in [0.25, 0.3) is 0 Å². The van der Waals surface area contributed by atoms with Crippen molar-refractivity contribution >= 4 is 28.3 Å². The normalized spacial score (nSPS) is 10.5. The highest BCUT2D eigenvalue weighted by Crippen LogP contribution is 2.19. The summed E-state index contributed by atoms with van der Waals surface area (Å²) in [6.45, 7) is 3.61. The minimum absolute atomic E-state index is 0.656. The van der Waals surface area contributed by atoms with E-state index in [0.29, 0.717) is 6.61 Å². The van der Waals surface area contributed by atoms with E-state index < -0.39 is 0 Å². The molecule has 2 aromatic carbocycles. The van der Waals surface area contributed by atoms with E-state index >= 15 is 0 Å². The predicted molar refractivity (Wildman–Crippen MR) is 88.4 cm³/mol. The number of aryl methyl sites for hydroxylation is 1. The fourth-order valence-electron chi connectivity index (χ4n) is 2.04. The minimum atomic E-state index is 0.656. The van der Waals surface area contributed by atoms with Gasteiger partial charge in [-0.25, -0.2) is 0 Å². The molecular formula is C16H18INO. The van der Waals surface area contributed by atoms with Crippen LogP contribution in [0.15, 0.2) is 42.5 Å². The van der Waals surface area contributed by atoms with Crippen LogP contribution in [-0.4, -0.2) is 7.11 Å². The maximum atomic E-state index is 5.23. The molecule has 2 rings (SSSR count). The molecule has 0 fully saturated rings. The van der Waals surface area contributed by atoms with Crippen LogP contribution in [0.4, 0.5) is 5.69 Å². The molecule has 100 valence electrons. The van der Waals surface area contributed by atoms with Gasteiger partial charge in [-0.15, -0.1) is 0 Å². The highest BCUT2D eigenvalue weighted by Gasteiger charge is 2.03. The van der Waals surface area contributed by atoms with Crippen molar-refractivity contribution in [3.8, 4) is 0 Å². The summed E-state index contributed by atoms with van der Waals surface area (Å²) in [7, 11) is 1.73. The zero-order valence-corrected chi connectivity index (χ0v) is 13.4. The van der Waals surface area contributed by atoms with Crippen LogP contribution in [-0.2, 0) is 17.9 Å². The lowest BCUT2D eigenvalue weighted by molar-refractivity contribution is 0.184. The largest absolute Gasteiger partial charge is 0.381 e. The van der Waals surface area contributed by atoms with Crippen LogP contribution in [0.5, 0.6) is 0 Å². The first kappa shape index (κ1) is 14.3. The molecule has 0 unspecified atom stereocenters. The second-order valence-corrected chi connectivity index (χ2v) is 5.76. The molecule has 0 saturated carbocycles. The third-order valence-corrected chi connectivity index (χ3v) is 3.75. The molecule has 0 aliphatic rings. The molecule has 0 aromatic heterocycles. The van der Waals surface area contributed by atoms with E-state index in [9.17, 15) is 0 Å². The number of methoxy groups -OCH3 is 1. The van der Waals surface area contributed by atoms with Crippen LogP contribution in [0.1, 0.15) is 16.7 Å². The molecule has 0 aliphatic carbocycles. The Labute approximate surface area is 128 Å². The van der Waals surface area contributed by atoms with E-state index in [4.69, 9.17) is 4.74 Å². The standard InChI is InChI=1S/C16H18INO/c1-12-9-15(17)7-8-16(12)18-10-13-5-3-4-6-14(13)11-19-2/h3-9,18H,10-11H2,1-2H3. The molecule has 0 atom stereocenters. The van der Waals surface area contributed by atoms with E-state index in [-0.39, 0.29) is 0 Å². The van der Waals surface area contributed by atoms with Crippen LogP contribution in [0.2, 0.25) is 0 Å². The van der Waals surface area contributed by atoms with Crippen molar-refractivity contribution in [2.75, 3.05) is 12.4 Å². The quantitative estimate of drug-likeness (QED) is 0.793. The number of rotatable bonds is 5. The van der Waals surface area contributed by atoms with Crippen LogP contribution in [0.3, 0.4) is 0 Å². The van der Waals surface area contributed by atoms with Crippen molar-refractivity contribution < 1.29 is 4.74 Å². The zero-order chi connectivity index (χ0) is 13.7. The highest BCUT2D eigenvalue weighted by atomic mass is 127. The van der Waals surface area contributed by atoms with Crippen molar-refractivity contribution in [2.24, 2.45) is 0 Å². The maximum Gasteiger partial charge on any atom is 0.0716 e. The highest BCUT2D eigenvalue weighted by molar-refractivity contribution is 14.1. The van der Waals surface area contributed by atoms with Crippen LogP contribution in [0, 0.1) is 10.5 Å². The fraction of sp³-hybridized carbons (Fsp3) is 0.250. The smallest absolute Gasteiger partial charge is 0.0716 e. The Morgan fingerprint density at radius 1 is 1.11 bits per heavy atom. The van der Waals surface area contributed by atoms with E-state index in [1.54, 1.807) is 7.11 Å². The SMILES string of the molecule is COCc1ccccc1CNc1ccc(I)cc1C. The summed E-state index contributed by atoms with van der Waals surface area (Å²) >= 11 is 2.33. The average Bonchev–Trinajstić information content (AvgIpc) is 2.40. The first-order chi connectivity index (χ1) is 9.20. The fourth-order valence-corrected chi connectivity index (χ4v) is 2.69. The number of benzene rings is 2. The monoisotopic (exact) mass is 367 g/mol. The molecule has 0 aliphatic heterocycles. The number of halogens is 1. The Morgan fingerprint density at radius 3 is 2.53 bits per heavy atom. The lowest BCUT2D eigenvalue weighted by Crippen LogP contribution is -2.04. The lowest BCUT2D eigenvalue weighted by atomic mass is 10.1. The molecule has 2 nitrogen and oxygen atoms in total. The molecule has 0 saturated heterocycles. The number of hydrogen-bond acceptors (Lipinski definition) is 2. The molecule has 0 heterocycles. The van der Waals surface area contributed by atoms with E-state index in [0.717, 1.165) is 6.54 Å². The second-order valence-electron chi connectivity index (χ2n) is 4.51. The van der Waals surface area contributed by atoms with Gasteiger partial charge in [0.25, 0.3) is 0 Å². The van der Waals surface area contributed by atoms with Crippen molar-refractivity contribution in [1.82, 2.24) is 0 Å². The molecular weight excluding hydrogens is 349 g/mol. The van der Waals surface area contributed by atoms with Gasteiger partial charge in [-0.05, 0) is 64.4 Å². The number of anilines is 1. The van der Waals surface area contributed by atoms with Crippen molar-refractivity contribution in [3.63, 3.8) is 0 Å². The second kappa shape index (κ2) is 6.91. The third kappa shape index (κ3) is 3.94. The summed E-state index contributed by atoms with van der Waals surface area (Å²) in [5, 5.41) is 3.50. The van der Waals surface area contributed by atoms with Gasteiger partial charge in [0.05, 0.1) is 6.61 Å².